The van der Waals surface area contributed by atoms with Crippen LogP contribution in [0.2, 0.25) is 0 Å². The van der Waals surface area contributed by atoms with Gasteiger partial charge in [0.25, 0.3) is 0 Å². The van der Waals surface area contributed by atoms with Crippen LogP contribution in [0.5, 0.6) is 0 Å². The van der Waals surface area contributed by atoms with Gasteiger partial charge in [0.05, 0.1) is 0 Å². The molecule has 86 valence electrons. The molecule has 0 amide bonds. The summed E-state index contributed by atoms with van der Waals surface area (Å²) in [4.78, 5) is 20.9. The second-order valence-corrected chi connectivity index (χ2v) is 2.92. The average molecular weight is 236 g/mol. The molecule has 0 bridgehead atoms. The van der Waals surface area contributed by atoms with E-state index in [-0.39, 0.29) is 37.6 Å². The first-order valence-electron chi connectivity index (χ1n) is 4.89. The molecule has 0 aromatic rings. The van der Waals surface area contributed by atoms with Crippen molar-refractivity contribution in [1.29, 1.82) is 0 Å². The third-order valence-corrected chi connectivity index (χ3v) is 1.57. The smallest absolute Gasteiger partial charge is 1.00 e. The third-order valence-electron chi connectivity index (χ3n) is 1.57. The number of ether oxygens (including phenoxy) is 1. The van der Waals surface area contributed by atoms with Crippen LogP contribution >= 0.6 is 0 Å². The zero-order valence-electron chi connectivity index (χ0n) is 10.8. The van der Waals surface area contributed by atoms with Gasteiger partial charge in [0.2, 0.25) is 0 Å². The number of carbonyl (C=O) groups excluding carboxylic acids is 1. The fraction of sp³-hybridized carbons (Fsp3) is 0.455. The van der Waals surface area contributed by atoms with E-state index >= 15 is 0 Å². The summed E-state index contributed by atoms with van der Waals surface area (Å²) in [5.74, 6) is -1.80. The van der Waals surface area contributed by atoms with Crippen LogP contribution in [-0.2, 0) is 14.3 Å². The fourth-order valence-electron chi connectivity index (χ4n) is 0.826. The molecule has 1 N–H and O–H groups in total. The Labute approximate surface area is 119 Å². The minimum Gasteiger partial charge on any atom is -1.00 e. The van der Waals surface area contributed by atoms with Crippen LogP contribution in [-0.4, -0.2) is 23.7 Å². The van der Waals surface area contributed by atoms with Gasteiger partial charge in [0, 0.05) is 12.2 Å². The Morgan fingerprint density at radius 2 is 2.00 bits per heavy atom. The fourth-order valence-corrected chi connectivity index (χ4v) is 0.826. The Morgan fingerprint density at radius 1 is 1.31 bits per heavy atom. The van der Waals surface area contributed by atoms with Crippen LogP contribution in [0.15, 0.2) is 24.3 Å². The Kier molecular flexibility index (Phi) is 13.9. The molecule has 0 rings (SSSR count). The van der Waals surface area contributed by atoms with Crippen molar-refractivity contribution in [2.24, 2.45) is 0 Å². The number of aliphatic carboxylic acids is 1. The minimum atomic E-state index is -1.16. The number of carboxylic acids is 1. The first-order valence-corrected chi connectivity index (χ1v) is 4.89. The zero-order chi connectivity index (χ0) is 11.5. The number of carboxylic acid groups (broad SMARTS) is 1. The summed E-state index contributed by atoms with van der Waals surface area (Å²) in [6.07, 6.45) is 8.55. The summed E-state index contributed by atoms with van der Waals surface area (Å²) in [6, 6.07) is 0. The van der Waals surface area contributed by atoms with Crippen LogP contribution in [0.1, 0.15) is 27.6 Å². The first kappa shape index (κ1) is 17.8. The van der Waals surface area contributed by atoms with Gasteiger partial charge in [-0.2, -0.15) is 0 Å². The molecule has 0 aliphatic heterocycles. The van der Waals surface area contributed by atoms with Crippen molar-refractivity contribution in [3.05, 3.63) is 24.3 Å². The maximum atomic E-state index is 10.8. The van der Waals surface area contributed by atoms with Gasteiger partial charge in [0.15, 0.2) is 0 Å². The molecule has 4 nitrogen and oxygen atoms in total. The van der Waals surface area contributed by atoms with E-state index in [1.807, 2.05) is 6.08 Å². The molecule has 0 atom stereocenters. The maximum absolute atomic E-state index is 10.8. The van der Waals surface area contributed by atoms with Crippen molar-refractivity contribution in [3.8, 4) is 0 Å². The van der Waals surface area contributed by atoms with Gasteiger partial charge < -0.3 is 11.3 Å². The van der Waals surface area contributed by atoms with E-state index in [0.717, 1.165) is 31.4 Å². The van der Waals surface area contributed by atoms with Crippen molar-refractivity contribution >= 4 is 11.9 Å². The molecule has 0 spiro atoms. The van der Waals surface area contributed by atoms with Gasteiger partial charge in [-0.25, -0.2) is 9.59 Å². The number of hydrogen-bond donors (Lipinski definition) is 1. The molecule has 0 saturated carbocycles. The van der Waals surface area contributed by atoms with E-state index in [2.05, 4.69) is 6.92 Å². The number of unbranched alkanes of at least 4 members (excludes halogenated alkanes) is 2. The van der Waals surface area contributed by atoms with E-state index in [0.29, 0.717) is 0 Å². The second-order valence-electron chi connectivity index (χ2n) is 2.92. The van der Waals surface area contributed by atoms with Crippen molar-refractivity contribution in [3.63, 3.8) is 0 Å². The van der Waals surface area contributed by atoms with Gasteiger partial charge in [0.1, 0.15) is 6.61 Å². The predicted molar refractivity (Wildman–Crippen MR) is 57.5 cm³/mol. The Balaban J connectivity index is -0.000000980. The summed E-state index contributed by atoms with van der Waals surface area (Å²) in [6.45, 7) is 2.29. The minimum absolute atomic E-state index is 0. The molecule has 0 fully saturated rings. The quantitative estimate of drug-likeness (QED) is 0.203. The van der Waals surface area contributed by atoms with Crippen molar-refractivity contribution in [2.75, 3.05) is 6.61 Å². The Hall–Kier alpha value is -0.580. The van der Waals surface area contributed by atoms with Crippen molar-refractivity contribution < 1.29 is 50.4 Å². The molecular weight excluding hydrogens is 219 g/mol. The summed E-state index contributed by atoms with van der Waals surface area (Å²) < 4.78 is 4.70. The number of carbonyl (C=O) groups is 2. The monoisotopic (exact) mass is 236 g/mol. The Bertz CT molecular complexity index is 264. The standard InChI is InChI=1S/C11H16O4.Na.H/c1-2-3-4-5-6-9-15-11(14)8-7-10(12)13;;/h5-8H,2-4,9H2,1H3,(H,12,13);;/q;+1;-1/b6-5-,8-7-;;. The SMILES string of the molecule is CCCC/C=C\COC(=O)/C=C\C(=O)O.[H-].[Na+]. The second kappa shape index (κ2) is 12.5. The number of allylic oxidation sites excluding steroid dienone is 1. The third kappa shape index (κ3) is 13.4. The summed E-state index contributed by atoms with van der Waals surface area (Å²) >= 11 is 0. The molecule has 0 aromatic carbocycles. The molecule has 0 saturated heterocycles. The topological polar surface area (TPSA) is 63.6 Å². The van der Waals surface area contributed by atoms with Gasteiger partial charge in [-0.3, -0.25) is 0 Å². The average Bonchev–Trinajstić information content (AvgIpc) is 2.20. The summed E-state index contributed by atoms with van der Waals surface area (Å²) in [7, 11) is 0. The van der Waals surface area contributed by atoms with Crippen molar-refractivity contribution in [2.45, 2.75) is 26.2 Å². The zero-order valence-corrected chi connectivity index (χ0v) is 11.8. The van der Waals surface area contributed by atoms with E-state index < -0.39 is 11.9 Å². The normalized spacial score (nSPS) is 10.3. The van der Waals surface area contributed by atoms with E-state index in [4.69, 9.17) is 9.84 Å². The molecule has 0 aliphatic rings. The molecule has 0 aromatic heterocycles. The van der Waals surface area contributed by atoms with Crippen LogP contribution in [0.25, 0.3) is 0 Å². The van der Waals surface area contributed by atoms with Crippen LogP contribution < -0.4 is 29.6 Å². The van der Waals surface area contributed by atoms with E-state index in [1.165, 1.54) is 0 Å². The maximum Gasteiger partial charge on any atom is 1.00 e. The molecule has 0 unspecified atom stereocenters. The van der Waals surface area contributed by atoms with Crippen molar-refractivity contribution in [1.82, 2.24) is 0 Å². The molecule has 0 radical (unpaired) electrons. The summed E-state index contributed by atoms with van der Waals surface area (Å²) in [5, 5.41) is 8.22. The molecule has 16 heavy (non-hydrogen) atoms. The Morgan fingerprint density at radius 3 is 2.56 bits per heavy atom. The number of hydrogen-bond acceptors (Lipinski definition) is 3. The van der Waals surface area contributed by atoms with Crippen LogP contribution in [0.4, 0.5) is 0 Å². The molecule has 0 heterocycles. The van der Waals surface area contributed by atoms with Gasteiger partial charge >= 0.3 is 41.5 Å². The number of rotatable bonds is 7. The molecule has 0 aliphatic carbocycles. The van der Waals surface area contributed by atoms with Gasteiger partial charge in [-0.05, 0) is 6.42 Å². The van der Waals surface area contributed by atoms with Gasteiger partial charge in [-0.1, -0.05) is 31.9 Å². The van der Waals surface area contributed by atoms with Crippen LogP contribution in [0.3, 0.4) is 0 Å². The first-order chi connectivity index (χ1) is 7.16. The number of esters is 1. The molecule has 5 heteroatoms. The van der Waals surface area contributed by atoms with Crippen LogP contribution in [0, 0.1) is 0 Å². The van der Waals surface area contributed by atoms with E-state index in [9.17, 15) is 9.59 Å². The summed E-state index contributed by atoms with van der Waals surface area (Å²) in [5.41, 5.74) is 0. The van der Waals surface area contributed by atoms with E-state index in [1.54, 1.807) is 6.08 Å². The predicted octanol–water partition coefficient (Wildman–Crippen LogP) is -0.967. The largest absolute Gasteiger partial charge is 1.00 e. The molecular formula is C11H17NaO4. The van der Waals surface area contributed by atoms with Gasteiger partial charge in [-0.15, -0.1) is 0 Å².